The lowest BCUT2D eigenvalue weighted by Crippen LogP contribution is -2.27. The first-order chi connectivity index (χ1) is 14.4. The second kappa shape index (κ2) is 9.74. The van der Waals surface area contributed by atoms with Gasteiger partial charge in [-0.3, -0.25) is 4.79 Å². The molecule has 1 unspecified atom stereocenters. The monoisotopic (exact) mass is 426 g/mol. The lowest BCUT2D eigenvalue weighted by atomic mass is 9.89. The zero-order valence-electron chi connectivity index (χ0n) is 16.9. The van der Waals surface area contributed by atoms with E-state index < -0.39 is 5.82 Å². The van der Waals surface area contributed by atoms with E-state index in [0.29, 0.717) is 22.7 Å². The van der Waals surface area contributed by atoms with Crippen LogP contribution in [0.25, 0.3) is 11.1 Å². The summed E-state index contributed by atoms with van der Waals surface area (Å²) in [6.45, 7) is 0.160. The predicted octanol–water partition coefficient (Wildman–Crippen LogP) is 4.70. The molecule has 0 saturated carbocycles. The zero-order valence-corrected chi connectivity index (χ0v) is 17.7. The van der Waals surface area contributed by atoms with Crippen molar-refractivity contribution in [3.05, 3.63) is 88.7 Å². The Morgan fingerprint density at radius 3 is 2.43 bits per heavy atom. The first-order valence-corrected chi connectivity index (χ1v) is 9.96. The van der Waals surface area contributed by atoms with Gasteiger partial charge in [-0.15, -0.1) is 0 Å². The van der Waals surface area contributed by atoms with Crippen LogP contribution in [0.3, 0.4) is 0 Å². The first kappa shape index (κ1) is 21.8. The van der Waals surface area contributed by atoms with E-state index >= 15 is 4.39 Å². The van der Waals surface area contributed by atoms with E-state index in [2.05, 4.69) is 0 Å². The van der Waals surface area contributed by atoms with Gasteiger partial charge in [0.25, 0.3) is 5.91 Å². The van der Waals surface area contributed by atoms with Crippen LogP contribution < -0.4 is 10.5 Å². The van der Waals surface area contributed by atoms with Crippen molar-refractivity contribution in [2.24, 2.45) is 5.73 Å². The van der Waals surface area contributed by atoms with Crippen LogP contribution in [0, 0.1) is 5.82 Å². The molecular weight excluding hydrogens is 403 g/mol. The Morgan fingerprint density at radius 2 is 1.77 bits per heavy atom. The molecule has 0 aliphatic heterocycles. The summed E-state index contributed by atoms with van der Waals surface area (Å²) in [5.74, 6) is -0.856. The molecule has 3 aromatic rings. The van der Waals surface area contributed by atoms with Crippen molar-refractivity contribution in [2.45, 2.75) is 5.92 Å². The third-order valence-corrected chi connectivity index (χ3v) is 5.26. The minimum Gasteiger partial charge on any atom is -0.481 e. The summed E-state index contributed by atoms with van der Waals surface area (Å²) in [5.41, 5.74) is 8.92. The van der Waals surface area contributed by atoms with Crippen LogP contribution in [0.1, 0.15) is 17.0 Å². The van der Waals surface area contributed by atoms with Crippen LogP contribution in [0.4, 0.5) is 4.39 Å². The van der Waals surface area contributed by atoms with Gasteiger partial charge < -0.3 is 15.4 Å². The Balaban J connectivity index is 1.97. The number of hydrogen-bond acceptors (Lipinski definition) is 3. The molecule has 1 atom stereocenters. The number of ether oxygens (including phenoxy) is 1. The van der Waals surface area contributed by atoms with Crippen LogP contribution in [-0.4, -0.2) is 38.1 Å². The minimum absolute atomic E-state index is 0.00241. The van der Waals surface area contributed by atoms with Crippen molar-refractivity contribution in [3.8, 4) is 16.9 Å². The first-order valence-electron chi connectivity index (χ1n) is 9.58. The molecular formula is C24H24ClFN2O2. The van der Waals surface area contributed by atoms with Crippen LogP contribution >= 0.6 is 11.6 Å². The highest BCUT2D eigenvalue weighted by Crippen LogP contribution is 2.36. The number of nitrogens with zero attached hydrogens (tertiary/aromatic N) is 1. The van der Waals surface area contributed by atoms with Gasteiger partial charge in [0.15, 0.2) is 18.2 Å². The average molecular weight is 427 g/mol. The number of nitrogens with two attached hydrogens (primary N) is 1. The highest BCUT2D eigenvalue weighted by Gasteiger charge is 2.18. The second-order valence-corrected chi connectivity index (χ2v) is 7.54. The number of carbonyl (C=O) groups is 1. The Morgan fingerprint density at radius 1 is 1.03 bits per heavy atom. The van der Waals surface area contributed by atoms with Gasteiger partial charge in [-0.05, 0) is 29.3 Å². The third-order valence-electron chi connectivity index (χ3n) is 4.93. The average Bonchev–Trinajstić information content (AvgIpc) is 2.75. The van der Waals surface area contributed by atoms with Crippen molar-refractivity contribution in [1.82, 2.24) is 4.90 Å². The molecule has 0 spiro atoms. The SMILES string of the molecule is CN(C)C(=O)COc1cccc(-c2cc(C(CN)c3ccccc3)ccc2Cl)c1F. The van der Waals surface area contributed by atoms with Gasteiger partial charge in [0.05, 0.1) is 0 Å². The molecule has 0 aliphatic rings. The van der Waals surface area contributed by atoms with Crippen molar-refractivity contribution >= 4 is 17.5 Å². The maximum absolute atomic E-state index is 15.2. The summed E-state index contributed by atoms with van der Waals surface area (Å²) < 4.78 is 20.6. The lowest BCUT2D eigenvalue weighted by Gasteiger charge is -2.18. The number of rotatable bonds is 7. The lowest BCUT2D eigenvalue weighted by molar-refractivity contribution is -0.130. The molecule has 3 rings (SSSR count). The van der Waals surface area contributed by atoms with Crippen molar-refractivity contribution < 1.29 is 13.9 Å². The summed E-state index contributed by atoms with van der Waals surface area (Å²) in [7, 11) is 3.23. The fourth-order valence-corrected chi connectivity index (χ4v) is 3.43. The Labute approximate surface area is 181 Å². The molecule has 3 aromatic carbocycles. The Bertz CT molecular complexity index is 1020. The van der Waals surface area contributed by atoms with Gasteiger partial charge >= 0.3 is 0 Å². The van der Waals surface area contributed by atoms with E-state index in [1.54, 1.807) is 32.3 Å². The van der Waals surface area contributed by atoms with Gasteiger partial charge in [-0.2, -0.15) is 0 Å². The maximum atomic E-state index is 15.2. The quantitative estimate of drug-likeness (QED) is 0.595. The second-order valence-electron chi connectivity index (χ2n) is 7.13. The summed E-state index contributed by atoms with van der Waals surface area (Å²) in [4.78, 5) is 13.2. The molecule has 0 radical (unpaired) electrons. The topological polar surface area (TPSA) is 55.6 Å². The molecule has 0 heterocycles. The standard InChI is InChI=1S/C24H24ClFN2O2/c1-28(2)23(29)15-30-22-10-6-9-18(24(22)26)19-13-17(11-12-21(19)25)20(14-27)16-7-4-3-5-8-16/h3-13,20H,14-15,27H2,1-2H3. The van der Waals surface area contributed by atoms with Gasteiger partial charge in [-0.25, -0.2) is 4.39 Å². The molecule has 4 nitrogen and oxygen atoms in total. The molecule has 30 heavy (non-hydrogen) atoms. The van der Waals surface area contributed by atoms with E-state index in [1.165, 1.54) is 11.0 Å². The van der Waals surface area contributed by atoms with E-state index in [1.807, 2.05) is 42.5 Å². The summed E-state index contributed by atoms with van der Waals surface area (Å²) in [6, 6.07) is 20.2. The minimum atomic E-state index is -0.563. The molecule has 0 fully saturated rings. The summed E-state index contributed by atoms with van der Waals surface area (Å²) in [5, 5.41) is 0.419. The van der Waals surface area contributed by atoms with Gasteiger partial charge in [0, 0.05) is 42.7 Å². The number of amides is 1. The molecule has 1 amide bonds. The van der Waals surface area contributed by atoms with Crippen molar-refractivity contribution in [2.75, 3.05) is 27.2 Å². The van der Waals surface area contributed by atoms with Crippen molar-refractivity contribution in [1.29, 1.82) is 0 Å². The van der Waals surface area contributed by atoms with Gasteiger partial charge in [0.2, 0.25) is 0 Å². The highest BCUT2D eigenvalue weighted by atomic mass is 35.5. The molecule has 2 N–H and O–H groups in total. The molecule has 0 saturated heterocycles. The molecule has 0 aliphatic carbocycles. The molecule has 156 valence electrons. The predicted molar refractivity (Wildman–Crippen MR) is 118 cm³/mol. The van der Waals surface area contributed by atoms with Gasteiger partial charge in [-0.1, -0.05) is 60.1 Å². The molecule has 0 aromatic heterocycles. The maximum Gasteiger partial charge on any atom is 0.259 e. The fourth-order valence-electron chi connectivity index (χ4n) is 3.21. The number of halogens is 2. The molecule has 6 heteroatoms. The number of hydrogen-bond donors (Lipinski definition) is 1. The summed E-state index contributed by atoms with van der Waals surface area (Å²) >= 11 is 6.42. The van der Waals surface area contributed by atoms with Crippen LogP contribution in [0.5, 0.6) is 5.75 Å². The number of benzene rings is 3. The molecule has 0 bridgehead atoms. The van der Waals surface area contributed by atoms with Crippen LogP contribution in [0.15, 0.2) is 66.7 Å². The zero-order chi connectivity index (χ0) is 21.7. The Hall–Kier alpha value is -2.89. The van der Waals surface area contributed by atoms with Crippen LogP contribution in [-0.2, 0) is 4.79 Å². The van der Waals surface area contributed by atoms with E-state index in [0.717, 1.165) is 11.1 Å². The number of likely N-dealkylation sites (N-methyl/N-ethyl adjacent to an activating group) is 1. The fraction of sp³-hybridized carbons (Fsp3) is 0.208. The van der Waals surface area contributed by atoms with Crippen LogP contribution in [0.2, 0.25) is 5.02 Å². The normalized spacial score (nSPS) is 11.8. The highest BCUT2D eigenvalue weighted by molar-refractivity contribution is 6.33. The van der Waals surface area contributed by atoms with E-state index in [9.17, 15) is 4.79 Å². The smallest absolute Gasteiger partial charge is 0.259 e. The number of carbonyl (C=O) groups excluding carboxylic acids is 1. The van der Waals surface area contributed by atoms with Crippen molar-refractivity contribution in [3.63, 3.8) is 0 Å². The van der Waals surface area contributed by atoms with Gasteiger partial charge in [0.1, 0.15) is 0 Å². The van der Waals surface area contributed by atoms with E-state index in [-0.39, 0.29) is 24.2 Å². The van der Waals surface area contributed by atoms with E-state index in [4.69, 9.17) is 22.1 Å². The summed E-state index contributed by atoms with van der Waals surface area (Å²) in [6.07, 6.45) is 0. The largest absolute Gasteiger partial charge is 0.481 e. The Kier molecular flexibility index (Phi) is 7.08. The third kappa shape index (κ3) is 4.81.